The molecule has 0 spiro atoms. The molecule has 0 aromatic heterocycles. The Labute approximate surface area is 176 Å². The van der Waals surface area contributed by atoms with Gasteiger partial charge in [0.05, 0.1) is 0 Å². The summed E-state index contributed by atoms with van der Waals surface area (Å²) in [5, 5.41) is 12.0. The molecule has 0 saturated carbocycles. The van der Waals surface area contributed by atoms with Gasteiger partial charge in [0.2, 0.25) is 0 Å². The molecule has 1 amide bonds. The van der Waals surface area contributed by atoms with E-state index in [0.29, 0.717) is 12.0 Å². The molecule has 3 aromatic carbocycles. The second-order valence-electron chi connectivity index (χ2n) is 6.82. The Bertz CT molecular complexity index is 902. The Kier molecular flexibility index (Phi) is 7.97. The monoisotopic (exact) mass is 406 g/mol. The zero-order chi connectivity index (χ0) is 21.2. The number of hydrogen-bond donors (Lipinski definition) is 3. The first-order valence-electron chi connectivity index (χ1n) is 9.80. The molecule has 0 aliphatic heterocycles. The van der Waals surface area contributed by atoms with Gasteiger partial charge in [0, 0.05) is 12.0 Å². The molecule has 0 aliphatic carbocycles. The van der Waals surface area contributed by atoms with E-state index in [1.54, 1.807) is 24.3 Å². The first-order chi connectivity index (χ1) is 14.7. The maximum atomic E-state index is 12.0. The van der Waals surface area contributed by atoms with E-state index in [2.05, 4.69) is 10.8 Å². The van der Waals surface area contributed by atoms with Crippen LogP contribution in [0, 0.1) is 0 Å². The van der Waals surface area contributed by atoms with Crippen LogP contribution in [-0.4, -0.2) is 24.1 Å². The number of hydroxylamine groups is 1. The molecule has 6 nitrogen and oxygen atoms in total. The van der Waals surface area contributed by atoms with Gasteiger partial charge in [-0.25, -0.2) is 0 Å². The van der Waals surface area contributed by atoms with Crippen molar-refractivity contribution in [3.05, 3.63) is 102 Å². The number of nitrogens with one attached hydrogen (secondary N) is 2. The third-order valence-electron chi connectivity index (χ3n) is 4.62. The summed E-state index contributed by atoms with van der Waals surface area (Å²) in [7, 11) is 0. The minimum absolute atomic E-state index is 0.0261. The largest absolute Gasteiger partial charge is 0.486 e. The van der Waals surface area contributed by atoms with E-state index in [-0.39, 0.29) is 18.7 Å². The van der Waals surface area contributed by atoms with E-state index in [4.69, 9.17) is 9.47 Å². The fourth-order valence-corrected chi connectivity index (χ4v) is 2.96. The molecule has 0 radical (unpaired) electrons. The average molecular weight is 406 g/mol. The fourth-order valence-electron chi connectivity index (χ4n) is 2.96. The highest BCUT2D eigenvalue weighted by Gasteiger charge is 2.11. The number of rotatable bonds is 10. The standard InChI is InChI=1S/C24H26N2O4/c1-18(20-8-4-2-5-9-20)30-22-14-12-19(13-15-22)16-23(26-28)29-17-25-24(27)21-10-6-3-7-11-21/h2-15,18,23,26,28H,16-17H2,1H3,(H,25,27)/t18-,23-/m0/s1. The van der Waals surface area contributed by atoms with Crippen LogP contribution in [0.5, 0.6) is 5.75 Å². The van der Waals surface area contributed by atoms with Gasteiger partial charge in [0.25, 0.3) is 5.91 Å². The van der Waals surface area contributed by atoms with Gasteiger partial charge < -0.3 is 20.0 Å². The van der Waals surface area contributed by atoms with Gasteiger partial charge in [-0.3, -0.25) is 4.79 Å². The predicted octanol–water partition coefficient (Wildman–Crippen LogP) is 4.08. The maximum absolute atomic E-state index is 12.0. The summed E-state index contributed by atoms with van der Waals surface area (Å²) in [4.78, 5) is 12.0. The number of ether oxygens (including phenoxy) is 2. The van der Waals surface area contributed by atoms with Gasteiger partial charge in [0.15, 0.2) is 0 Å². The van der Waals surface area contributed by atoms with Gasteiger partial charge in [-0.2, -0.15) is 5.48 Å². The first-order valence-corrected chi connectivity index (χ1v) is 9.80. The summed E-state index contributed by atoms with van der Waals surface area (Å²) >= 11 is 0. The van der Waals surface area contributed by atoms with Gasteiger partial charge in [-0.05, 0) is 42.3 Å². The third-order valence-corrected chi connectivity index (χ3v) is 4.62. The topological polar surface area (TPSA) is 79.8 Å². The molecule has 156 valence electrons. The summed E-state index contributed by atoms with van der Waals surface area (Å²) in [6.45, 7) is 1.98. The van der Waals surface area contributed by atoms with Crippen LogP contribution < -0.4 is 15.5 Å². The van der Waals surface area contributed by atoms with Crippen LogP contribution in [0.25, 0.3) is 0 Å². The molecule has 3 rings (SSSR count). The van der Waals surface area contributed by atoms with Gasteiger partial charge in [-0.1, -0.05) is 60.7 Å². The van der Waals surface area contributed by atoms with Crippen LogP contribution in [0.4, 0.5) is 0 Å². The molecule has 3 aromatic rings. The second-order valence-corrected chi connectivity index (χ2v) is 6.82. The van der Waals surface area contributed by atoms with Crippen molar-refractivity contribution in [3.8, 4) is 5.75 Å². The lowest BCUT2D eigenvalue weighted by Gasteiger charge is -2.18. The first kappa shape index (κ1) is 21.5. The predicted molar refractivity (Wildman–Crippen MR) is 114 cm³/mol. The quantitative estimate of drug-likeness (QED) is 0.349. The van der Waals surface area contributed by atoms with Crippen LogP contribution in [0.3, 0.4) is 0 Å². The fraction of sp³-hybridized carbons (Fsp3) is 0.208. The van der Waals surface area contributed by atoms with Crippen molar-refractivity contribution >= 4 is 5.91 Å². The summed E-state index contributed by atoms with van der Waals surface area (Å²) in [6.07, 6.45) is -0.289. The molecular formula is C24H26N2O4. The zero-order valence-electron chi connectivity index (χ0n) is 16.8. The van der Waals surface area contributed by atoms with Crippen LogP contribution >= 0.6 is 0 Å². The number of carbonyl (C=O) groups excluding carboxylic acids is 1. The van der Waals surface area contributed by atoms with Crippen molar-refractivity contribution in [2.24, 2.45) is 0 Å². The smallest absolute Gasteiger partial charge is 0.253 e. The number of hydrogen-bond acceptors (Lipinski definition) is 5. The molecule has 0 fully saturated rings. The van der Waals surface area contributed by atoms with Crippen LogP contribution in [0.2, 0.25) is 0 Å². The van der Waals surface area contributed by atoms with E-state index in [0.717, 1.165) is 16.9 Å². The molecule has 0 heterocycles. The van der Waals surface area contributed by atoms with E-state index in [1.807, 2.05) is 67.6 Å². The molecule has 30 heavy (non-hydrogen) atoms. The molecular weight excluding hydrogens is 380 g/mol. The minimum Gasteiger partial charge on any atom is -0.486 e. The van der Waals surface area contributed by atoms with E-state index in [1.165, 1.54) is 0 Å². The molecule has 0 bridgehead atoms. The third kappa shape index (κ3) is 6.42. The lowest BCUT2D eigenvalue weighted by atomic mass is 10.1. The second kappa shape index (κ2) is 11.1. The Morgan fingerprint density at radius 2 is 1.57 bits per heavy atom. The van der Waals surface area contributed by atoms with Crippen LogP contribution in [-0.2, 0) is 11.2 Å². The van der Waals surface area contributed by atoms with Crippen molar-refractivity contribution in [2.75, 3.05) is 6.73 Å². The molecule has 6 heteroatoms. The van der Waals surface area contributed by atoms with Gasteiger partial charge in [0.1, 0.15) is 24.8 Å². The highest BCUT2D eigenvalue weighted by molar-refractivity contribution is 5.93. The molecule has 0 aliphatic rings. The maximum Gasteiger partial charge on any atom is 0.253 e. The Hall–Kier alpha value is -3.19. The molecule has 3 N–H and O–H groups in total. The molecule has 0 saturated heterocycles. The highest BCUT2D eigenvalue weighted by atomic mass is 16.6. The van der Waals surface area contributed by atoms with Gasteiger partial charge in [-0.15, -0.1) is 0 Å². The minimum atomic E-state index is -0.656. The van der Waals surface area contributed by atoms with E-state index >= 15 is 0 Å². The summed E-state index contributed by atoms with van der Waals surface area (Å²) in [5.41, 5.74) is 4.74. The van der Waals surface area contributed by atoms with Crippen molar-refractivity contribution < 1.29 is 19.5 Å². The summed E-state index contributed by atoms with van der Waals surface area (Å²) < 4.78 is 11.5. The number of amides is 1. The lowest BCUT2D eigenvalue weighted by molar-refractivity contribution is -0.0555. The molecule has 2 atom stereocenters. The van der Waals surface area contributed by atoms with E-state index < -0.39 is 6.23 Å². The van der Waals surface area contributed by atoms with Crippen LogP contribution in [0.15, 0.2) is 84.9 Å². The van der Waals surface area contributed by atoms with Gasteiger partial charge >= 0.3 is 0 Å². The Balaban J connectivity index is 1.46. The summed E-state index contributed by atoms with van der Waals surface area (Å²) in [6, 6.07) is 26.5. The lowest BCUT2D eigenvalue weighted by Crippen LogP contribution is -2.36. The Morgan fingerprint density at radius 3 is 2.20 bits per heavy atom. The zero-order valence-corrected chi connectivity index (χ0v) is 16.8. The van der Waals surface area contributed by atoms with E-state index in [9.17, 15) is 10.0 Å². The Morgan fingerprint density at radius 1 is 0.933 bits per heavy atom. The summed E-state index contributed by atoms with van der Waals surface area (Å²) in [5.74, 6) is 0.529. The number of benzene rings is 3. The normalized spacial score (nSPS) is 12.7. The van der Waals surface area contributed by atoms with Crippen molar-refractivity contribution in [1.29, 1.82) is 0 Å². The van der Waals surface area contributed by atoms with Crippen molar-refractivity contribution in [2.45, 2.75) is 25.7 Å². The average Bonchev–Trinajstić information content (AvgIpc) is 2.80. The SMILES string of the molecule is C[C@H](Oc1ccc(C[C@@H](NO)OCNC(=O)c2ccccc2)cc1)c1ccccc1. The van der Waals surface area contributed by atoms with Crippen molar-refractivity contribution in [1.82, 2.24) is 10.8 Å². The van der Waals surface area contributed by atoms with Crippen LogP contribution in [0.1, 0.15) is 34.5 Å². The van der Waals surface area contributed by atoms with Crippen molar-refractivity contribution in [3.63, 3.8) is 0 Å². The number of carbonyl (C=O) groups is 1. The highest BCUT2D eigenvalue weighted by Crippen LogP contribution is 2.22. The molecule has 0 unspecified atom stereocenters.